The molecule has 1 aromatic heterocycles. The molecule has 6 nitrogen and oxygen atoms in total. The molecule has 3 aromatic rings. The van der Waals surface area contributed by atoms with Gasteiger partial charge in [0.25, 0.3) is 0 Å². The zero-order valence-electron chi connectivity index (χ0n) is 16.6. The van der Waals surface area contributed by atoms with Gasteiger partial charge in [-0.15, -0.1) is 11.3 Å². The Labute approximate surface area is 168 Å². The Morgan fingerprint density at radius 2 is 1.71 bits per heavy atom. The Hall–Kier alpha value is -3.06. The zero-order valence-corrected chi connectivity index (χ0v) is 17.4. The molecule has 2 aromatic carbocycles. The maximum atomic E-state index is 10.1. The van der Waals surface area contributed by atoms with Crippen molar-refractivity contribution in [2.75, 3.05) is 21.3 Å². The van der Waals surface area contributed by atoms with Crippen LogP contribution in [0.4, 0.5) is 0 Å². The molecular formula is C21H23N3O3S. The van der Waals surface area contributed by atoms with E-state index in [1.807, 2.05) is 5.38 Å². The van der Waals surface area contributed by atoms with Crippen LogP contribution in [0.25, 0.3) is 11.3 Å². The van der Waals surface area contributed by atoms with Crippen LogP contribution in [0.3, 0.4) is 0 Å². The van der Waals surface area contributed by atoms with Crippen LogP contribution in [0, 0.1) is 13.8 Å². The molecule has 0 fully saturated rings. The molecule has 1 N–H and O–H groups in total. The normalized spacial score (nSPS) is 12.0. The fraction of sp³-hybridized carbons (Fsp3) is 0.238. The van der Waals surface area contributed by atoms with Crippen LogP contribution in [0.5, 0.6) is 17.2 Å². The molecule has 1 heterocycles. The number of phenols is 1. The van der Waals surface area contributed by atoms with Crippen molar-refractivity contribution in [3.05, 3.63) is 57.2 Å². The molecule has 0 atom stereocenters. The predicted octanol–water partition coefficient (Wildman–Crippen LogP) is 3.97. The number of aryl methyl sites for hydroxylation is 2. The minimum absolute atomic E-state index is 0.0367. The third kappa shape index (κ3) is 3.80. The van der Waals surface area contributed by atoms with Crippen molar-refractivity contribution in [1.82, 2.24) is 4.68 Å². The van der Waals surface area contributed by atoms with Crippen LogP contribution in [0.2, 0.25) is 0 Å². The molecule has 146 valence electrons. The number of ether oxygens (including phenoxy) is 2. The Morgan fingerprint density at radius 1 is 1.04 bits per heavy atom. The minimum Gasteiger partial charge on any atom is -0.502 e. The van der Waals surface area contributed by atoms with Gasteiger partial charge in [0, 0.05) is 23.6 Å². The molecule has 0 saturated heterocycles. The van der Waals surface area contributed by atoms with Crippen molar-refractivity contribution in [3.8, 4) is 28.5 Å². The summed E-state index contributed by atoms with van der Waals surface area (Å²) in [7, 11) is 4.73. The summed E-state index contributed by atoms with van der Waals surface area (Å²) in [5.74, 6) is 0.613. The summed E-state index contributed by atoms with van der Waals surface area (Å²) in [5, 5.41) is 16.8. The van der Waals surface area contributed by atoms with E-state index < -0.39 is 0 Å². The number of aromatic nitrogens is 1. The van der Waals surface area contributed by atoms with Gasteiger partial charge in [0.1, 0.15) is 0 Å². The van der Waals surface area contributed by atoms with E-state index >= 15 is 0 Å². The Bertz CT molecular complexity index is 1070. The summed E-state index contributed by atoms with van der Waals surface area (Å²) in [6.07, 6.45) is 1.69. The van der Waals surface area contributed by atoms with Crippen LogP contribution >= 0.6 is 11.3 Å². The van der Waals surface area contributed by atoms with Crippen LogP contribution in [0.15, 0.2) is 45.8 Å². The van der Waals surface area contributed by atoms with Gasteiger partial charge in [-0.1, -0.05) is 12.1 Å². The maximum Gasteiger partial charge on any atom is 0.205 e. The highest BCUT2D eigenvalue weighted by Gasteiger charge is 2.11. The SMILES string of the molecule is CN=c1scc(-c2ccc(C)c(C)c2)n1N=Cc1cc(OC)c(O)c(OC)c1. The Kier molecular flexibility index (Phi) is 5.84. The summed E-state index contributed by atoms with van der Waals surface area (Å²) in [4.78, 5) is 5.11. The zero-order chi connectivity index (χ0) is 20.3. The highest BCUT2D eigenvalue weighted by Crippen LogP contribution is 2.36. The van der Waals surface area contributed by atoms with Crippen molar-refractivity contribution >= 4 is 17.6 Å². The second-order valence-electron chi connectivity index (χ2n) is 6.26. The van der Waals surface area contributed by atoms with E-state index in [2.05, 4.69) is 42.1 Å². The van der Waals surface area contributed by atoms with Crippen molar-refractivity contribution in [2.24, 2.45) is 10.1 Å². The van der Waals surface area contributed by atoms with E-state index in [0.717, 1.165) is 21.6 Å². The molecule has 0 unspecified atom stereocenters. The minimum atomic E-state index is -0.0367. The molecule has 0 bridgehead atoms. The number of phenolic OH excluding ortho intramolecular Hbond substituents is 1. The first kappa shape index (κ1) is 19.7. The van der Waals surface area contributed by atoms with Crippen molar-refractivity contribution in [3.63, 3.8) is 0 Å². The number of methoxy groups -OCH3 is 2. The summed E-state index contributed by atoms with van der Waals surface area (Å²) < 4.78 is 12.2. The third-order valence-corrected chi connectivity index (χ3v) is 5.41. The lowest BCUT2D eigenvalue weighted by molar-refractivity contribution is 0.340. The van der Waals surface area contributed by atoms with Gasteiger partial charge in [-0.25, -0.2) is 4.68 Å². The van der Waals surface area contributed by atoms with Crippen LogP contribution in [-0.4, -0.2) is 37.3 Å². The van der Waals surface area contributed by atoms with Gasteiger partial charge in [0.15, 0.2) is 11.5 Å². The highest BCUT2D eigenvalue weighted by molar-refractivity contribution is 7.07. The van der Waals surface area contributed by atoms with E-state index in [4.69, 9.17) is 9.47 Å². The summed E-state index contributed by atoms with van der Waals surface area (Å²) in [6, 6.07) is 9.74. The standard InChI is InChI=1S/C21H23N3O3S/c1-13-6-7-16(8-14(13)2)17-12-28-21(22-3)24(17)23-11-15-9-18(26-4)20(25)19(10-15)27-5/h6-12,25H,1-5H3. The lowest BCUT2D eigenvalue weighted by atomic mass is 10.1. The summed E-state index contributed by atoms with van der Waals surface area (Å²) in [5.41, 5.74) is 5.24. The van der Waals surface area contributed by atoms with E-state index in [-0.39, 0.29) is 5.75 Å². The van der Waals surface area contributed by atoms with Crippen LogP contribution in [-0.2, 0) is 0 Å². The summed E-state index contributed by atoms with van der Waals surface area (Å²) in [6.45, 7) is 4.19. The molecule has 28 heavy (non-hydrogen) atoms. The monoisotopic (exact) mass is 397 g/mol. The van der Waals surface area contributed by atoms with Crippen LogP contribution < -0.4 is 14.3 Å². The van der Waals surface area contributed by atoms with E-state index in [1.165, 1.54) is 36.7 Å². The molecule has 0 aliphatic rings. The first-order chi connectivity index (χ1) is 13.5. The summed E-state index contributed by atoms with van der Waals surface area (Å²) >= 11 is 1.53. The molecule has 0 radical (unpaired) electrons. The largest absolute Gasteiger partial charge is 0.502 e. The number of rotatable bonds is 5. The second kappa shape index (κ2) is 8.31. The molecule has 7 heteroatoms. The van der Waals surface area contributed by atoms with Crippen molar-refractivity contribution in [2.45, 2.75) is 13.8 Å². The molecule has 0 saturated carbocycles. The topological polar surface area (TPSA) is 68.3 Å². The first-order valence-corrected chi connectivity index (χ1v) is 9.56. The molecule has 0 amide bonds. The van der Waals surface area contributed by atoms with Gasteiger partial charge in [0.2, 0.25) is 10.6 Å². The number of aromatic hydroxyl groups is 1. The van der Waals surface area contributed by atoms with Gasteiger partial charge >= 0.3 is 0 Å². The molecular weight excluding hydrogens is 374 g/mol. The predicted molar refractivity (Wildman–Crippen MR) is 113 cm³/mol. The highest BCUT2D eigenvalue weighted by atomic mass is 32.1. The third-order valence-electron chi connectivity index (χ3n) is 4.50. The number of benzene rings is 2. The molecule has 0 aliphatic carbocycles. The second-order valence-corrected chi connectivity index (χ2v) is 7.09. The van der Waals surface area contributed by atoms with Crippen LogP contribution in [0.1, 0.15) is 16.7 Å². The van der Waals surface area contributed by atoms with Gasteiger partial charge in [0.05, 0.1) is 26.1 Å². The van der Waals surface area contributed by atoms with Gasteiger partial charge < -0.3 is 14.6 Å². The van der Waals surface area contributed by atoms with E-state index in [1.54, 1.807) is 30.1 Å². The number of nitrogens with zero attached hydrogens (tertiary/aromatic N) is 3. The van der Waals surface area contributed by atoms with Gasteiger partial charge in [-0.3, -0.25) is 4.99 Å². The molecule has 0 aliphatic heterocycles. The Morgan fingerprint density at radius 3 is 2.29 bits per heavy atom. The van der Waals surface area contributed by atoms with Crippen molar-refractivity contribution < 1.29 is 14.6 Å². The van der Waals surface area contributed by atoms with Gasteiger partial charge in [-0.05, 0) is 43.2 Å². The quantitative estimate of drug-likeness (QED) is 0.663. The smallest absolute Gasteiger partial charge is 0.205 e. The van der Waals surface area contributed by atoms with E-state index in [9.17, 15) is 5.11 Å². The van der Waals surface area contributed by atoms with Gasteiger partial charge in [-0.2, -0.15) is 5.10 Å². The Balaban J connectivity index is 2.08. The average Bonchev–Trinajstić information content (AvgIpc) is 3.12. The van der Waals surface area contributed by atoms with Crippen molar-refractivity contribution in [1.29, 1.82) is 0 Å². The molecule has 3 rings (SSSR count). The fourth-order valence-corrected chi connectivity index (χ4v) is 3.58. The number of thiazole rings is 1. The lowest BCUT2D eigenvalue weighted by Gasteiger charge is -2.09. The van der Waals surface area contributed by atoms with E-state index in [0.29, 0.717) is 11.5 Å². The fourth-order valence-electron chi connectivity index (χ4n) is 2.77. The lowest BCUT2D eigenvalue weighted by Crippen LogP contribution is -2.11. The maximum absolute atomic E-state index is 10.1. The average molecular weight is 398 g/mol. The number of hydrogen-bond acceptors (Lipinski definition) is 6. The number of hydrogen-bond donors (Lipinski definition) is 1. The first-order valence-electron chi connectivity index (χ1n) is 8.68. The molecule has 0 spiro atoms.